The van der Waals surface area contributed by atoms with E-state index in [0.29, 0.717) is 17.9 Å². The van der Waals surface area contributed by atoms with Gasteiger partial charge in [0.05, 0.1) is 19.4 Å². The van der Waals surface area contributed by atoms with Crippen molar-refractivity contribution < 1.29 is 29.2 Å². The molecule has 3 N–H and O–H groups in total. The van der Waals surface area contributed by atoms with E-state index in [1.165, 1.54) is 0 Å². The molecule has 0 amide bonds. The van der Waals surface area contributed by atoms with Gasteiger partial charge in [0.25, 0.3) is 0 Å². The average molecular weight is 311 g/mol. The molecule has 0 aliphatic heterocycles. The fourth-order valence-corrected chi connectivity index (χ4v) is 1.65. The van der Waals surface area contributed by atoms with Gasteiger partial charge >= 0.3 is 11.9 Å². The lowest BCUT2D eigenvalue weighted by molar-refractivity contribution is -0.303. The monoisotopic (exact) mass is 311 g/mol. The first kappa shape index (κ1) is 17.9. The van der Waals surface area contributed by atoms with Crippen molar-refractivity contribution in [3.05, 3.63) is 29.3 Å². The molecule has 7 nitrogen and oxygen atoms in total. The van der Waals surface area contributed by atoms with E-state index in [9.17, 15) is 9.59 Å². The molecule has 7 heteroatoms. The zero-order chi connectivity index (χ0) is 16.4. The fourth-order valence-electron chi connectivity index (χ4n) is 1.65. The maximum atomic E-state index is 11.4. The van der Waals surface area contributed by atoms with Crippen LogP contribution in [0.4, 0.5) is 5.69 Å². The van der Waals surface area contributed by atoms with Gasteiger partial charge in [-0.2, -0.15) is 0 Å². The van der Waals surface area contributed by atoms with Gasteiger partial charge in [0, 0.05) is 5.69 Å². The smallest absolute Gasteiger partial charge is 0.306 e. The quantitative estimate of drug-likeness (QED) is 0.224. The number of nitrogens with two attached hydrogens (primary N) is 1. The first-order valence-corrected chi connectivity index (χ1v) is 7.01. The van der Waals surface area contributed by atoms with Crippen LogP contribution in [-0.2, 0) is 37.3 Å². The molecule has 0 spiro atoms. The molecule has 0 saturated heterocycles. The minimum Gasteiger partial charge on any atom is -0.481 e. The third-order valence-electron chi connectivity index (χ3n) is 2.61. The lowest BCUT2D eigenvalue weighted by atomic mass is 10.1. The van der Waals surface area contributed by atoms with Crippen LogP contribution in [0.15, 0.2) is 18.2 Å². The van der Waals surface area contributed by atoms with Crippen LogP contribution in [0.5, 0.6) is 0 Å². The van der Waals surface area contributed by atoms with Crippen molar-refractivity contribution in [2.45, 2.75) is 39.4 Å². The number of hydrogen-bond acceptors (Lipinski definition) is 6. The highest BCUT2D eigenvalue weighted by molar-refractivity contribution is 5.76. The molecule has 0 atom stereocenters. The van der Waals surface area contributed by atoms with Gasteiger partial charge < -0.3 is 15.6 Å². The van der Waals surface area contributed by atoms with E-state index in [1.807, 2.05) is 6.92 Å². The van der Waals surface area contributed by atoms with Crippen molar-refractivity contribution in [3.8, 4) is 0 Å². The van der Waals surface area contributed by atoms with Crippen molar-refractivity contribution in [2.24, 2.45) is 0 Å². The molecule has 0 heterocycles. The number of carboxylic acids is 1. The highest BCUT2D eigenvalue weighted by Gasteiger charge is 2.08. The Balaban J connectivity index is 2.47. The Bertz CT molecular complexity index is 503. The number of carboxylic acid groups (broad SMARTS) is 1. The van der Waals surface area contributed by atoms with Crippen molar-refractivity contribution in [3.63, 3.8) is 0 Å². The second kappa shape index (κ2) is 9.75. The number of nitrogen functional groups attached to an aromatic ring is 1. The molecule has 0 aliphatic rings. The van der Waals surface area contributed by atoms with Crippen LogP contribution in [-0.4, -0.2) is 23.7 Å². The molecular formula is C15H21NO6. The van der Waals surface area contributed by atoms with E-state index >= 15 is 0 Å². The summed E-state index contributed by atoms with van der Waals surface area (Å²) in [6, 6.07) is 5.21. The van der Waals surface area contributed by atoms with Crippen LogP contribution in [0.1, 0.15) is 37.3 Å². The highest BCUT2D eigenvalue weighted by Crippen LogP contribution is 2.14. The summed E-state index contributed by atoms with van der Waals surface area (Å²) in [5.74, 6) is -1.60. The highest BCUT2D eigenvalue weighted by atomic mass is 17.2. The third-order valence-corrected chi connectivity index (χ3v) is 2.61. The summed E-state index contributed by atoms with van der Waals surface area (Å²) in [4.78, 5) is 31.7. The number of ether oxygens (including phenoxy) is 1. The van der Waals surface area contributed by atoms with Crippen LogP contribution in [0, 0.1) is 0 Å². The summed E-state index contributed by atoms with van der Waals surface area (Å²) in [6.07, 6.45) is 0.455. The molecule has 0 saturated carbocycles. The number of benzene rings is 1. The van der Waals surface area contributed by atoms with E-state index in [2.05, 4.69) is 0 Å². The Hall–Kier alpha value is -2.12. The van der Waals surface area contributed by atoms with Gasteiger partial charge in [0.2, 0.25) is 0 Å². The number of hydrogen-bond donors (Lipinski definition) is 2. The molecule has 0 aromatic heterocycles. The predicted octanol–water partition coefficient (Wildman–Crippen LogP) is 2.04. The lowest BCUT2D eigenvalue weighted by Gasteiger charge is -2.09. The third kappa shape index (κ3) is 7.61. The molecule has 22 heavy (non-hydrogen) atoms. The molecule has 0 bridgehead atoms. The molecule has 0 fully saturated rings. The van der Waals surface area contributed by atoms with Crippen LogP contribution < -0.4 is 5.73 Å². The van der Waals surface area contributed by atoms with E-state index in [-0.39, 0.29) is 26.1 Å². The Morgan fingerprint density at radius 1 is 1.09 bits per heavy atom. The number of aliphatic carboxylic acids is 1. The summed E-state index contributed by atoms with van der Waals surface area (Å²) in [7, 11) is 0. The van der Waals surface area contributed by atoms with Gasteiger partial charge in [-0.15, -0.1) is 0 Å². The number of carbonyl (C=O) groups is 2. The van der Waals surface area contributed by atoms with Gasteiger partial charge in [-0.05, 0) is 35.7 Å². The van der Waals surface area contributed by atoms with Crippen LogP contribution in [0.2, 0.25) is 0 Å². The van der Waals surface area contributed by atoms with E-state index in [0.717, 1.165) is 12.0 Å². The first-order chi connectivity index (χ1) is 10.5. The van der Waals surface area contributed by atoms with Crippen LogP contribution >= 0.6 is 0 Å². The molecule has 1 rings (SSSR count). The Labute approximate surface area is 128 Å². The minimum absolute atomic E-state index is 0.0340. The second-order valence-electron chi connectivity index (χ2n) is 4.72. The summed E-state index contributed by atoms with van der Waals surface area (Å²) >= 11 is 0. The summed E-state index contributed by atoms with van der Waals surface area (Å²) in [5.41, 5.74) is 7.81. The van der Waals surface area contributed by atoms with Gasteiger partial charge in [-0.3, -0.25) is 9.59 Å². The predicted molar refractivity (Wildman–Crippen MR) is 78.6 cm³/mol. The summed E-state index contributed by atoms with van der Waals surface area (Å²) in [5, 5.41) is 8.49. The van der Waals surface area contributed by atoms with Crippen molar-refractivity contribution in [1.82, 2.24) is 0 Å². The van der Waals surface area contributed by atoms with Crippen molar-refractivity contribution in [2.75, 3.05) is 12.3 Å². The molecule has 1 aromatic carbocycles. The SMILES string of the molecule is CCCOOCc1cc(N)cc(COC(=O)CCC(=O)O)c1. The standard InChI is InChI=1S/C15H21NO6/c1-2-5-21-22-10-12-6-11(7-13(16)8-12)9-20-15(19)4-3-14(17)18/h6-8H,2-5,9-10,16H2,1H3,(H,17,18). The van der Waals surface area contributed by atoms with Crippen LogP contribution in [0.3, 0.4) is 0 Å². The number of rotatable bonds is 10. The topological polar surface area (TPSA) is 108 Å². The second-order valence-corrected chi connectivity index (χ2v) is 4.72. The van der Waals surface area contributed by atoms with E-state index in [4.69, 9.17) is 25.4 Å². The minimum atomic E-state index is -1.03. The normalized spacial score (nSPS) is 10.4. The molecule has 1 aromatic rings. The van der Waals surface area contributed by atoms with Gasteiger partial charge in [0.1, 0.15) is 13.2 Å². The van der Waals surface area contributed by atoms with Gasteiger partial charge in [0.15, 0.2) is 0 Å². The van der Waals surface area contributed by atoms with Crippen molar-refractivity contribution in [1.29, 1.82) is 0 Å². The number of esters is 1. The fraction of sp³-hybridized carbons (Fsp3) is 0.467. The maximum Gasteiger partial charge on any atom is 0.306 e. The number of carbonyl (C=O) groups excluding carboxylic acids is 1. The maximum absolute atomic E-state index is 11.4. The Kier molecular flexibility index (Phi) is 7.95. The lowest BCUT2D eigenvalue weighted by Crippen LogP contribution is -2.08. The van der Waals surface area contributed by atoms with Crippen molar-refractivity contribution >= 4 is 17.6 Å². The Morgan fingerprint density at radius 3 is 2.41 bits per heavy atom. The van der Waals surface area contributed by atoms with E-state index < -0.39 is 11.9 Å². The van der Waals surface area contributed by atoms with Crippen LogP contribution in [0.25, 0.3) is 0 Å². The molecule has 122 valence electrons. The molecule has 0 radical (unpaired) electrons. The largest absolute Gasteiger partial charge is 0.481 e. The zero-order valence-electron chi connectivity index (χ0n) is 12.5. The molecule has 0 aliphatic carbocycles. The first-order valence-electron chi connectivity index (χ1n) is 7.01. The van der Waals surface area contributed by atoms with Gasteiger partial charge in [-0.25, -0.2) is 9.78 Å². The number of anilines is 1. The summed E-state index contributed by atoms with van der Waals surface area (Å²) in [6.45, 7) is 2.76. The molecular weight excluding hydrogens is 290 g/mol. The molecule has 0 unspecified atom stereocenters. The Morgan fingerprint density at radius 2 is 1.77 bits per heavy atom. The van der Waals surface area contributed by atoms with E-state index in [1.54, 1.807) is 18.2 Å². The zero-order valence-corrected chi connectivity index (χ0v) is 12.5. The average Bonchev–Trinajstić information content (AvgIpc) is 2.47. The van der Waals surface area contributed by atoms with Gasteiger partial charge in [-0.1, -0.05) is 6.92 Å². The summed E-state index contributed by atoms with van der Waals surface area (Å²) < 4.78 is 5.00.